The van der Waals surface area contributed by atoms with Crippen LogP contribution in [-0.4, -0.2) is 27.4 Å². The van der Waals surface area contributed by atoms with Gasteiger partial charge in [0.1, 0.15) is 5.75 Å². The number of benzene rings is 1. The van der Waals surface area contributed by atoms with Gasteiger partial charge in [-0.2, -0.15) is 0 Å². The Morgan fingerprint density at radius 1 is 1.16 bits per heavy atom. The van der Waals surface area contributed by atoms with Crippen molar-refractivity contribution in [3.63, 3.8) is 0 Å². The summed E-state index contributed by atoms with van der Waals surface area (Å²) in [4.78, 5) is 0. The zero-order valence-corrected chi connectivity index (χ0v) is 12.2. The zero-order chi connectivity index (χ0) is 13.9. The third kappa shape index (κ3) is 2.63. The average molecular weight is 265 g/mol. The molecule has 1 atom stereocenters. The zero-order valence-electron chi connectivity index (χ0n) is 12.2. The standard InChI is InChI=1S/C15H23NO3/c1-5-19-14-9-11(15(2)7-6-8-16-15)12(17-3)10-13(14)18-4/h9-10,16H,5-8H2,1-4H3. The molecule has 1 N–H and O–H groups in total. The van der Waals surface area contributed by atoms with E-state index in [1.807, 2.05) is 19.1 Å². The second-order valence-corrected chi connectivity index (χ2v) is 5.00. The highest BCUT2D eigenvalue weighted by molar-refractivity contribution is 5.53. The van der Waals surface area contributed by atoms with Gasteiger partial charge in [-0.25, -0.2) is 0 Å². The molecule has 0 radical (unpaired) electrons. The lowest BCUT2D eigenvalue weighted by Crippen LogP contribution is -2.33. The van der Waals surface area contributed by atoms with Crippen LogP contribution in [0.25, 0.3) is 0 Å². The van der Waals surface area contributed by atoms with E-state index >= 15 is 0 Å². The van der Waals surface area contributed by atoms with E-state index in [1.165, 1.54) is 6.42 Å². The highest BCUT2D eigenvalue weighted by Gasteiger charge is 2.33. The van der Waals surface area contributed by atoms with Crippen molar-refractivity contribution in [2.24, 2.45) is 0 Å². The van der Waals surface area contributed by atoms with Gasteiger partial charge in [-0.15, -0.1) is 0 Å². The van der Waals surface area contributed by atoms with Gasteiger partial charge >= 0.3 is 0 Å². The lowest BCUT2D eigenvalue weighted by atomic mass is 9.89. The van der Waals surface area contributed by atoms with E-state index in [0.717, 1.165) is 30.0 Å². The Hall–Kier alpha value is -1.42. The van der Waals surface area contributed by atoms with E-state index in [1.54, 1.807) is 14.2 Å². The van der Waals surface area contributed by atoms with Crippen molar-refractivity contribution in [1.82, 2.24) is 5.32 Å². The first kappa shape index (κ1) is 14.0. The highest BCUT2D eigenvalue weighted by atomic mass is 16.5. The van der Waals surface area contributed by atoms with Crippen molar-refractivity contribution in [1.29, 1.82) is 0 Å². The fourth-order valence-electron chi connectivity index (χ4n) is 2.69. The molecule has 1 aromatic carbocycles. The van der Waals surface area contributed by atoms with E-state index in [4.69, 9.17) is 14.2 Å². The molecule has 1 aliphatic heterocycles. The number of methoxy groups -OCH3 is 2. The number of hydrogen-bond donors (Lipinski definition) is 1. The summed E-state index contributed by atoms with van der Waals surface area (Å²) in [5, 5.41) is 3.55. The molecule has 4 nitrogen and oxygen atoms in total. The van der Waals surface area contributed by atoms with E-state index in [2.05, 4.69) is 12.2 Å². The van der Waals surface area contributed by atoms with Gasteiger partial charge in [-0.1, -0.05) is 0 Å². The molecule has 1 aliphatic rings. The molecule has 1 aromatic rings. The predicted molar refractivity (Wildman–Crippen MR) is 75.3 cm³/mol. The molecule has 4 heteroatoms. The summed E-state index contributed by atoms with van der Waals surface area (Å²) in [6, 6.07) is 3.95. The normalized spacial score (nSPS) is 22.3. The molecular weight excluding hydrogens is 242 g/mol. The first-order valence-corrected chi connectivity index (χ1v) is 6.79. The van der Waals surface area contributed by atoms with Crippen LogP contribution in [0.3, 0.4) is 0 Å². The molecule has 0 amide bonds. The minimum absolute atomic E-state index is 0.0521. The fraction of sp³-hybridized carbons (Fsp3) is 0.600. The van der Waals surface area contributed by atoms with Gasteiger partial charge in [-0.3, -0.25) is 0 Å². The Morgan fingerprint density at radius 2 is 1.89 bits per heavy atom. The van der Waals surface area contributed by atoms with Crippen LogP contribution in [0, 0.1) is 0 Å². The molecule has 19 heavy (non-hydrogen) atoms. The number of ether oxygens (including phenoxy) is 3. The van der Waals surface area contributed by atoms with E-state index in [0.29, 0.717) is 12.4 Å². The molecule has 1 saturated heterocycles. The van der Waals surface area contributed by atoms with Crippen LogP contribution < -0.4 is 19.5 Å². The third-order valence-corrected chi connectivity index (χ3v) is 3.75. The maximum atomic E-state index is 5.66. The van der Waals surface area contributed by atoms with Crippen LogP contribution in [0.1, 0.15) is 32.3 Å². The summed E-state index contributed by atoms with van der Waals surface area (Å²) in [5.74, 6) is 2.33. The van der Waals surface area contributed by atoms with Crippen molar-refractivity contribution in [3.8, 4) is 17.2 Å². The number of nitrogens with one attached hydrogen (secondary N) is 1. The van der Waals surface area contributed by atoms with E-state index in [9.17, 15) is 0 Å². The van der Waals surface area contributed by atoms with Crippen LogP contribution in [0.2, 0.25) is 0 Å². The second-order valence-electron chi connectivity index (χ2n) is 5.00. The minimum Gasteiger partial charge on any atom is -0.496 e. The van der Waals surface area contributed by atoms with Gasteiger partial charge in [-0.05, 0) is 39.3 Å². The molecule has 0 saturated carbocycles. The van der Waals surface area contributed by atoms with Gasteiger partial charge in [0.05, 0.1) is 20.8 Å². The summed E-state index contributed by atoms with van der Waals surface area (Å²) in [6.07, 6.45) is 2.27. The Balaban J connectivity index is 2.48. The second kappa shape index (κ2) is 5.70. The molecule has 1 heterocycles. The quantitative estimate of drug-likeness (QED) is 0.888. The van der Waals surface area contributed by atoms with Crippen molar-refractivity contribution >= 4 is 0 Å². The summed E-state index contributed by atoms with van der Waals surface area (Å²) in [7, 11) is 3.34. The Bertz CT molecular complexity index is 439. The van der Waals surface area contributed by atoms with Crippen LogP contribution in [0.5, 0.6) is 17.2 Å². The third-order valence-electron chi connectivity index (χ3n) is 3.75. The maximum Gasteiger partial charge on any atom is 0.164 e. The summed E-state index contributed by atoms with van der Waals surface area (Å²) in [6.45, 7) is 5.83. The Morgan fingerprint density at radius 3 is 2.42 bits per heavy atom. The van der Waals surface area contributed by atoms with Crippen molar-refractivity contribution in [2.45, 2.75) is 32.2 Å². The molecule has 1 unspecified atom stereocenters. The lowest BCUT2D eigenvalue weighted by molar-refractivity contribution is 0.303. The van der Waals surface area contributed by atoms with Crippen LogP contribution >= 0.6 is 0 Å². The summed E-state index contributed by atoms with van der Waals surface area (Å²) < 4.78 is 16.6. The average Bonchev–Trinajstić information content (AvgIpc) is 2.86. The van der Waals surface area contributed by atoms with Gasteiger partial charge < -0.3 is 19.5 Å². The van der Waals surface area contributed by atoms with Crippen molar-refractivity contribution < 1.29 is 14.2 Å². The monoisotopic (exact) mass is 265 g/mol. The SMILES string of the molecule is CCOc1cc(C2(C)CCCN2)c(OC)cc1OC. The van der Waals surface area contributed by atoms with Crippen molar-refractivity contribution in [3.05, 3.63) is 17.7 Å². The summed E-state index contributed by atoms with van der Waals surface area (Å²) >= 11 is 0. The minimum atomic E-state index is -0.0521. The smallest absolute Gasteiger partial charge is 0.164 e. The number of hydrogen-bond acceptors (Lipinski definition) is 4. The first-order valence-electron chi connectivity index (χ1n) is 6.79. The topological polar surface area (TPSA) is 39.7 Å². The van der Waals surface area contributed by atoms with Gasteiger partial charge in [0.15, 0.2) is 11.5 Å². The van der Waals surface area contributed by atoms with Crippen LogP contribution in [0.15, 0.2) is 12.1 Å². The van der Waals surface area contributed by atoms with E-state index < -0.39 is 0 Å². The Labute approximate surface area is 115 Å². The van der Waals surface area contributed by atoms with E-state index in [-0.39, 0.29) is 5.54 Å². The molecular formula is C15H23NO3. The van der Waals surface area contributed by atoms with Crippen molar-refractivity contribution in [2.75, 3.05) is 27.4 Å². The summed E-state index contributed by atoms with van der Waals surface area (Å²) in [5.41, 5.74) is 1.08. The molecule has 1 fully saturated rings. The molecule has 0 aliphatic carbocycles. The Kier molecular flexibility index (Phi) is 4.20. The van der Waals surface area contributed by atoms with Gasteiger partial charge in [0.25, 0.3) is 0 Å². The lowest BCUT2D eigenvalue weighted by Gasteiger charge is -2.28. The maximum absolute atomic E-state index is 5.66. The molecule has 0 spiro atoms. The highest BCUT2D eigenvalue weighted by Crippen LogP contribution is 2.42. The fourth-order valence-corrected chi connectivity index (χ4v) is 2.69. The van der Waals surface area contributed by atoms with Gasteiger partial charge in [0.2, 0.25) is 0 Å². The van der Waals surface area contributed by atoms with Crippen LogP contribution in [-0.2, 0) is 5.54 Å². The number of rotatable bonds is 5. The largest absolute Gasteiger partial charge is 0.496 e. The molecule has 2 rings (SSSR count). The predicted octanol–water partition coefficient (Wildman–Crippen LogP) is 2.70. The van der Waals surface area contributed by atoms with Crippen LogP contribution in [0.4, 0.5) is 0 Å². The first-order chi connectivity index (χ1) is 9.14. The molecule has 0 bridgehead atoms. The van der Waals surface area contributed by atoms with Gasteiger partial charge in [0, 0.05) is 17.2 Å². The molecule has 0 aromatic heterocycles. The molecule has 106 valence electrons.